The number of benzene rings is 1. The van der Waals surface area contributed by atoms with Crippen LogP contribution in [0.3, 0.4) is 0 Å². The van der Waals surface area contributed by atoms with Crippen molar-refractivity contribution in [3.63, 3.8) is 0 Å². The number of aromatic hydroxyl groups is 1. The Morgan fingerprint density at radius 1 is 1.36 bits per heavy atom. The van der Waals surface area contributed by atoms with E-state index in [1.165, 1.54) is 5.56 Å². The number of amides is 1. The summed E-state index contributed by atoms with van der Waals surface area (Å²) in [5, 5.41) is 10.7. The van der Waals surface area contributed by atoms with Crippen molar-refractivity contribution in [3.8, 4) is 5.75 Å². The number of phenolic OH excluding ortho intramolecular Hbond substituents is 1. The molecule has 5 nitrogen and oxygen atoms in total. The zero-order valence-electron chi connectivity index (χ0n) is 12.9. The van der Waals surface area contributed by atoms with Crippen LogP contribution in [0.1, 0.15) is 23.7 Å². The van der Waals surface area contributed by atoms with E-state index in [4.69, 9.17) is 9.72 Å². The molecule has 1 aromatic carbocycles. The molecule has 0 aliphatic carbocycles. The van der Waals surface area contributed by atoms with Gasteiger partial charge in [-0.05, 0) is 49.6 Å². The van der Waals surface area contributed by atoms with Crippen LogP contribution in [0.15, 0.2) is 18.2 Å². The molecule has 22 heavy (non-hydrogen) atoms. The number of aryl methyl sites for hydroxylation is 1. The number of nitrogens with zero attached hydrogens (tertiary/aromatic N) is 2. The Bertz CT molecular complexity index is 727. The van der Waals surface area contributed by atoms with Crippen LogP contribution in [0, 0.1) is 6.92 Å². The average molecular weight is 300 g/mol. The van der Waals surface area contributed by atoms with Crippen molar-refractivity contribution >= 4 is 17.0 Å². The van der Waals surface area contributed by atoms with Gasteiger partial charge in [0.15, 0.2) is 0 Å². The second-order valence-corrected chi connectivity index (χ2v) is 5.55. The maximum Gasteiger partial charge on any atom is 0.409 e. The highest BCUT2D eigenvalue weighted by molar-refractivity contribution is 5.85. The summed E-state index contributed by atoms with van der Waals surface area (Å²) >= 11 is 0. The van der Waals surface area contributed by atoms with Crippen LogP contribution in [-0.4, -0.2) is 40.8 Å². The summed E-state index contributed by atoms with van der Waals surface area (Å²) in [6.45, 7) is 5.53. The Hall–Kier alpha value is -2.30. The Balaban J connectivity index is 1.96. The summed E-state index contributed by atoms with van der Waals surface area (Å²) in [5.41, 5.74) is 4.26. The monoisotopic (exact) mass is 300 g/mol. The van der Waals surface area contributed by atoms with Crippen molar-refractivity contribution in [2.45, 2.75) is 26.7 Å². The maximum absolute atomic E-state index is 11.9. The fourth-order valence-corrected chi connectivity index (χ4v) is 3.05. The van der Waals surface area contributed by atoms with Crippen LogP contribution in [-0.2, 0) is 17.6 Å². The van der Waals surface area contributed by atoms with Crippen LogP contribution in [0.5, 0.6) is 5.75 Å². The minimum Gasteiger partial charge on any atom is -0.508 e. The number of pyridine rings is 1. The molecule has 2 heterocycles. The first-order chi connectivity index (χ1) is 10.6. The van der Waals surface area contributed by atoms with Crippen molar-refractivity contribution in [3.05, 3.63) is 35.0 Å². The Morgan fingerprint density at radius 3 is 2.91 bits per heavy atom. The second-order valence-electron chi connectivity index (χ2n) is 5.55. The van der Waals surface area contributed by atoms with E-state index in [1.807, 2.05) is 13.0 Å². The molecule has 1 aliphatic rings. The van der Waals surface area contributed by atoms with Gasteiger partial charge < -0.3 is 14.7 Å². The molecule has 0 radical (unpaired) electrons. The van der Waals surface area contributed by atoms with E-state index in [0.717, 1.165) is 35.0 Å². The van der Waals surface area contributed by atoms with Crippen molar-refractivity contribution < 1.29 is 14.6 Å². The van der Waals surface area contributed by atoms with E-state index < -0.39 is 0 Å². The normalized spacial score (nSPS) is 14.5. The standard InChI is InChI=1S/C17H20N2O3/c1-3-22-17(21)19-8-6-13-11(2)14-10-12(20)4-5-15(14)18-16(13)7-9-19/h4-5,10,20H,3,6-9H2,1-2H3. The number of carbonyl (C=O) groups is 1. The number of fused-ring (bicyclic) bond motifs is 2. The summed E-state index contributed by atoms with van der Waals surface area (Å²) in [5.74, 6) is 0.249. The van der Waals surface area contributed by atoms with Gasteiger partial charge >= 0.3 is 6.09 Å². The first-order valence-electron chi connectivity index (χ1n) is 7.63. The van der Waals surface area contributed by atoms with Crippen LogP contribution in [0.2, 0.25) is 0 Å². The fourth-order valence-electron chi connectivity index (χ4n) is 3.05. The molecular formula is C17H20N2O3. The Morgan fingerprint density at radius 2 is 2.14 bits per heavy atom. The maximum atomic E-state index is 11.9. The topological polar surface area (TPSA) is 62.7 Å². The zero-order valence-corrected chi connectivity index (χ0v) is 12.9. The molecule has 0 saturated heterocycles. The molecule has 116 valence electrons. The van der Waals surface area contributed by atoms with Gasteiger partial charge in [-0.25, -0.2) is 4.79 Å². The lowest BCUT2D eigenvalue weighted by Crippen LogP contribution is -2.33. The van der Waals surface area contributed by atoms with Gasteiger partial charge in [0.1, 0.15) is 5.75 Å². The Labute approximate surface area is 129 Å². The number of phenols is 1. The van der Waals surface area contributed by atoms with E-state index >= 15 is 0 Å². The third-order valence-corrected chi connectivity index (χ3v) is 4.22. The summed E-state index contributed by atoms with van der Waals surface area (Å²) in [4.78, 5) is 18.4. The smallest absolute Gasteiger partial charge is 0.409 e. The van der Waals surface area contributed by atoms with E-state index in [9.17, 15) is 9.90 Å². The van der Waals surface area contributed by atoms with Crippen molar-refractivity contribution in [1.29, 1.82) is 0 Å². The average Bonchev–Trinajstić information content (AvgIpc) is 2.71. The van der Waals surface area contributed by atoms with Gasteiger partial charge in [0.05, 0.1) is 12.1 Å². The van der Waals surface area contributed by atoms with Gasteiger partial charge in [-0.3, -0.25) is 4.98 Å². The van der Waals surface area contributed by atoms with Crippen molar-refractivity contribution in [2.24, 2.45) is 0 Å². The highest BCUT2D eigenvalue weighted by Gasteiger charge is 2.22. The quantitative estimate of drug-likeness (QED) is 0.879. The molecule has 3 rings (SSSR count). The third kappa shape index (κ3) is 2.58. The molecule has 2 aromatic rings. The number of ether oxygens (including phenoxy) is 1. The van der Waals surface area contributed by atoms with Crippen LogP contribution >= 0.6 is 0 Å². The molecule has 0 atom stereocenters. The third-order valence-electron chi connectivity index (χ3n) is 4.22. The lowest BCUT2D eigenvalue weighted by Gasteiger charge is -2.18. The zero-order chi connectivity index (χ0) is 15.7. The molecule has 0 fully saturated rings. The molecule has 5 heteroatoms. The largest absolute Gasteiger partial charge is 0.508 e. The van der Waals surface area contributed by atoms with Crippen molar-refractivity contribution in [1.82, 2.24) is 9.88 Å². The fraction of sp³-hybridized carbons (Fsp3) is 0.412. The number of carbonyl (C=O) groups excluding carboxylic acids is 1. The first kappa shape index (κ1) is 14.6. The van der Waals surface area contributed by atoms with E-state index in [0.29, 0.717) is 19.7 Å². The minimum absolute atomic E-state index is 0.249. The minimum atomic E-state index is -0.254. The number of aromatic nitrogens is 1. The predicted molar refractivity (Wildman–Crippen MR) is 84.1 cm³/mol. The van der Waals surface area contributed by atoms with Crippen LogP contribution in [0.4, 0.5) is 4.79 Å². The van der Waals surface area contributed by atoms with Gasteiger partial charge in [0.25, 0.3) is 0 Å². The molecule has 1 aliphatic heterocycles. The molecule has 0 unspecified atom stereocenters. The molecule has 1 aromatic heterocycles. The Kier molecular flexibility index (Phi) is 3.88. The number of rotatable bonds is 1. The number of hydrogen-bond donors (Lipinski definition) is 1. The van der Waals surface area contributed by atoms with Crippen LogP contribution < -0.4 is 0 Å². The second kappa shape index (κ2) is 5.83. The molecule has 0 spiro atoms. The molecule has 0 bridgehead atoms. The first-order valence-corrected chi connectivity index (χ1v) is 7.63. The van der Waals surface area contributed by atoms with Gasteiger partial charge in [0, 0.05) is 30.6 Å². The molecular weight excluding hydrogens is 280 g/mol. The lowest BCUT2D eigenvalue weighted by atomic mass is 9.98. The predicted octanol–water partition coefficient (Wildman–Crippen LogP) is 2.81. The summed E-state index contributed by atoms with van der Waals surface area (Å²) in [7, 11) is 0. The molecule has 0 saturated carbocycles. The van der Waals surface area contributed by atoms with E-state index in [1.54, 1.807) is 17.0 Å². The summed E-state index contributed by atoms with van der Waals surface area (Å²) in [6.07, 6.45) is 1.24. The molecule has 1 amide bonds. The number of hydrogen-bond acceptors (Lipinski definition) is 4. The van der Waals surface area contributed by atoms with Crippen molar-refractivity contribution in [2.75, 3.05) is 19.7 Å². The van der Waals surface area contributed by atoms with Gasteiger partial charge in [-0.15, -0.1) is 0 Å². The SMILES string of the molecule is CCOC(=O)N1CCc2nc3ccc(O)cc3c(C)c2CC1. The summed E-state index contributed by atoms with van der Waals surface area (Å²) in [6, 6.07) is 5.25. The highest BCUT2D eigenvalue weighted by Crippen LogP contribution is 2.28. The summed E-state index contributed by atoms with van der Waals surface area (Å²) < 4.78 is 5.09. The van der Waals surface area contributed by atoms with Gasteiger partial charge in [0.2, 0.25) is 0 Å². The van der Waals surface area contributed by atoms with E-state index in [2.05, 4.69) is 6.92 Å². The highest BCUT2D eigenvalue weighted by atomic mass is 16.6. The molecule has 1 N–H and O–H groups in total. The van der Waals surface area contributed by atoms with E-state index in [-0.39, 0.29) is 11.8 Å². The van der Waals surface area contributed by atoms with Gasteiger partial charge in [-0.1, -0.05) is 0 Å². The van der Waals surface area contributed by atoms with Crippen LogP contribution in [0.25, 0.3) is 10.9 Å². The lowest BCUT2D eigenvalue weighted by molar-refractivity contribution is 0.109. The van der Waals surface area contributed by atoms with Gasteiger partial charge in [-0.2, -0.15) is 0 Å².